The predicted octanol–water partition coefficient (Wildman–Crippen LogP) is 3.98. The maximum absolute atomic E-state index is 6.03. The van der Waals surface area contributed by atoms with E-state index in [1.165, 1.54) is 0 Å². The summed E-state index contributed by atoms with van der Waals surface area (Å²) in [7, 11) is 1.90. The number of hydrogen-bond acceptors (Lipinski definition) is 2. The summed E-state index contributed by atoms with van der Waals surface area (Å²) in [6, 6.07) is 17.4. The van der Waals surface area contributed by atoms with Gasteiger partial charge in [0.05, 0.1) is 0 Å². The highest BCUT2D eigenvalue weighted by molar-refractivity contribution is 6.30. The number of benzene rings is 2. The van der Waals surface area contributed by atoms with E-state index in [1.807, 2.05) is 67.7 Å². The van der Waals surface area contributed by atoms with Gasteiger partial charge in [-0.1, -0.05) is 41.9 Å². The molecule has 0 aliphatic carbocycles. The van der Waals surface area contributed by atoms with Crippen molar-refractivity contribution in [1.82, 2.24) is 5.32 Å². The van der Waals surface area contributed by atoms with E-state index in [2.05, 4.69) is 5.32 Å². The summed E-state index contributed by atoms with van der Waals surface area (Å²) in [4.78, 5) is 0. The van der Waals surface area contributed by atoms with E-state index in [9.17, 15) is 0 Å². The first kappa shape index (κ1) is 13.7. The molecule has 0 atom stereocenters. The molecule has 0 saturated carbocycles. The van der Waals surface area contributed by atoms with Crippen molar-refractivity contribution in [2.75, 3.05) is 13.6 Å². The normalized spacial score (nSPS) is 11.4. The Labute approximate surface area is 118 Å². The van der Waals surface area contributed by atoms with Crippen LogP contribution in [0.2, 0.25) is 5.02 Å². The predicted molar refractivity (Wildman–Crippen MR) is 80.4 cm³/mol. The fraction of sp³-hybridized carbons (Fsp3) is 0.125. The monoisotopic (exact) mass is 273 g/mol. The topological polar surface area (TPSA) is 21.3 Å². The van der Waals surface area contributed by atoms with Gasteiger partial charge in [0.1, 0.15) is 11.5 Å². The number of hydrogen-bond donors (Lipinski definition) is 1. The highest BCUT2D eigenvalue weighted by Gasteiger charge is 2.04. The van der Waals surface area contributed by atoms with Crippen LogP contribution in [0.3, 0.4) is 0 Å². The Morgan fingerprint density at radius 3 is 2.63 bits per heavy atom. The summed E-state index contributed by atoms with van der Waals surface area (Å²) < 4.78 is 5.92. The van der Waals surface area contributed by atoms with Gasteiger partial charge in [0.15, 0.2) is 0 Å². The molecule has 0 aliphatic rings. The zero-order chi connectivity index (χ0) is 13.5. The first-order chi connectivity index (χ1) is 9.29. The second-order valence-electron chi connectivity index (χ2n) is 4.05. The van der Waals surface area contributed by atoms with Crippen LogP contribution in [0.5, 0.6) is 5.75 Å². The van der Waals surface area contributed by atoms with Crippen LogP contribution in [0.4, 0.5) is 0 Å². The standard InChI is InChI=1S/C16H16ClNO/c1-18-11-10-16(13-6-5-7-14(17)12-13)19-15-8-3-2-4-9-15/h2-10,12,18H,11H2,1H3/b16-10+. The molecule has 2 nitrogen and oxygen atoms in total. The highest BCUT2D eigenvalue weighted by atomic mass is 35.5. The van der Waals surface area contributed by atoms with Gasteiger partial charge < -0.3 is 10.1 Å². The zero-order valence-corrected chi connectivity index (χ0v) is 11.5. The molecule has 0 amide bonds. The molecule has 2 rings (SSSR count). The average Bonchev–Trinajstić information content (AvgIpc) is 2.44. The smallest absolute Gasteiger partial charge is 0.131 e. The molecular weight excluding hydrogens is 258 g/mol. The van der Waals surface area contributed by atoms with Crippen molar-refractivity contribution in [3.05, 3.63) is 71.3 Å². The van der Waals surface area contributed by atoms with Gasteiger partial charge >= 0.3 is 0 Å². The molecule has 0 bridgehead atoms. The molecular formula is C16H16ClNO. The lowest BCUT2D eigenvalue weighted by molar-refractivity contribution is 0.513. The molecule has 0 fully saturated rings. The van der Waals surface area contributed by atoms with E-state index >= 15 is 0 Å². The molecule has 98 valence electrons. The Morgan fingerprint density at radius 1 is 1.16 bits per heavy atom. The van der Waals surface area contributed by atoms with E-state index in [4.69, 9.17) is 16.3 Å². The van der Waals surface area contributed by atoms with Crippen LogP contribution in [0.1, 0.15) is 5.56 Å². The molecule has 1 N–H and O–H groups in total. The summed E-state index contributed by atoms with van der Waals surface area (Å²) in [5.41, 5.74) is 0.964. The summed E-state index contributed by atoms with van der Waals surface area (Å²) in [5.74, 6) is 1.60. The Morgan fingerprint density at radius 2 is 1.95 bits per heavy atom. The molecule has 19 heavy (non-hydrogen) atoms. The van der Waals surface area contributed by atoms with Crippen LogP contribution in [0.15, 0.2) is 60.7 Å². The van der Waals surface area contributed by atoms with E-state index < -0.39 is 0 Å². The lowest BCUT2D eigenvalue weighted by Crippen LogP contribution is -2.07. The molecule has 0 aliphatic heterocycles. The van der Waals surface area contributed by atoms with Gasteiger partial charge in [-0.25, -0.2) is 0 Å². The minimum atomic E-state index is 0.699. The van der Waals surface area contributed by atoms with Crippen molar-refractivity contribution < 1.29 is 4.74 Å². The van der Waals surface area contributed by atoms with E-state index in [0.29, 0.717) is 5.02 Å². The van der Waals surface area contributed by atoms with Gasteiger partial charge in [-0.2, -0.15) is 0 Å². The molecule has 0 heterocycles. The van der Waals surface area contributed by atoms with Gasteiger partial charge in [0.2, 0.25) is 0 Å². The summed E-state index contributed by atoms with van der Waals surface area (Å²) in [5, 5.41) is 3.78. The Kier molecular flexibility index (Phi) is 5.01. The van der Waals surface area contributed by atoms with Crippen LogP contribution in [0, 0.1) is 0 Å². The number of rotatable bonds is 5. The van der Waals surface area contributed by atoms with Crippen LogP contribution in [-0.2, 0) is 0 Å². The van der Waals surface area contributed by atoms with Crippen molar-refractivity contribution in [2.45, 2.75) is 0 Å². The summed E-state index contributed by atoms with van der Waals surface area (Å²) in [6.45, 7) is 0.731. The fourth-order valence-electron chi connectivity index (χ4n) is 1.67. The second-order valence-corrected chi connectivity index (χ2v) is 4.49. The van der Waals surface area contributed by atoms with Crippen LogP contribution >= 0.6 is 11.6 Å². The van der Waals surface area contributed by atoms with Crippen LogP contribution < -0.4 is 10.1 Å². The summed E-state index contributed by atoms with van der Waals surface area (Å²) in [6.07, 6.45) is 2.00. The SMILES string of the molecule is CNC/C=C(/Oc1ccccc1)c1cccc(Cl)c1. The third-order valence-corrected chi connectivity index (χ3v) is 2.81. The van der Waals surface area contributed by atoms with Gasteiger partial charge in [-0.15, -0.1) is 0 Å². The first-order valence-corrected chi connectivity index (χ1v) is 6.51. The minimum Gasteiger partial charge on any atom is -0.457 e. The average molecular weight is 274 g/mol. The van der Waals surface area contributed by atoms with E-state index in [1.54, 1.807) is 0 Å². The summed E-state index contributed by atoms with van der Waals surface area (Å²) >= 11 is 6.03. The van der Waals surface area contributed by atoms with Crippen molar-refractivity contribution in [3.8, 4) is 5.75 Å². The van der Waals surface area contributed by atoms with Gasteiger partial charge in [-0.3, -0.25) is 0 Å². The van der Waals surface area contributed by atoms with Gasteiger partial charge in [0, 0.05) is 17.1 Å². The molecule has 0 spiro atoms. The van der Waals surface area contributed by atoms with Crippen LogP contribution in [0.25, 0.3) is 5.76 Å². The Hall–Kier alpha value is -1.77. The molecule has 0 saturated heterocycles. The number of nitrogens with one attached hydrogen (secondary N) is 1. The third kappa shape index (κ3) is 4.12. The van der Waals surface area contributed by atoms with Crippen molar-refractivity contribution in [3.63, 3.8) is 0 Å². The number of halogens is 1. The number of ether oxygens (including phenoxy) is 1. The van der Waals surface area contributed by atoms with E-state index in [0.717, 1.165) is 23.6 Å². The maximum atomic E-state index is 6.03. The van der Waals surface area contributed by atoms with Crippen molar-refractivity contribution in [2.24, 2.45) is 0 Å². The third-order valence-electron chi connectivity index (χ3n) is 2.57. The minimum absolute atomic E-state index is 0.699. The Bertz CT molecular complexity index is 552. The van der Waals surface area contributed by atoms with Crippen LogP contribution in [-0.4, -0.2) is 13.6 Å². The molecule has 2 aromatic carbocycles. The zero-order valence-electron chi connectivity index (χ0n) is 10.8. The lowest BCUT2D eigenvalue weighted by Gasteiger charge is -2.11. The van der Waals surface area contributed by atoms with Gasteiger partial charge in [-0.05, 0) is 37.4 Å². The largest absolute Gasteiger partial charge is 0.457 e. The first-order valence-electron chi connectivity index (χ1n) is 6.13. The Balaban J connectivity index is 2.26. The fourth-order valence-corrected chi connectivity index (χ4v) is 1.86. The quantitative estimate of drug-likeness (QED) is 0.832. The molecule has 0 unspecified atom stereocenters. The van der Waals surface area contributed by atoms with Crippen molar-refractivity contribution in [1.29, 1.82) is 0 Å². The molecule has 0 radical (unpaired) electrons. The molecule has 3 heteroatoms. The molecule has 2 aromatic rings. The molecule has 0 aromatic heterocycles. The number of para-hydroxylation sites is 1. The highest BCUT2D eigenvalue weighted by Crippen LogP contribution is 2.22. The van der Waals surface area contributed by atoms with Gasteiger partial charge in [0.25, 0.3) is 0 Å². The van der Waals surface area contributed by atoms with Crippen molar-refractivity contribution >= 4 is 17.4 Å². The maximum Gasteiger partial charge on any atom is 0.131 e. The number of likely N-dealkylation sites (N-methyl/N-ethyl adjacent to an activating group) is 1. The second kappa shape index (κ2) is 6.98. The van der Waals surface area contributed by atoms with E-state index in [-0.39, 0.29) is 0 Å². The lowest BCUT2D eigenvalue weighted by atomic mass is 10.2.